The summed E-state index contributed by atoms with van der Waals surface area (Å²) in [6, 6.07) is -1.24. The molecule has 1 unspecified atom stereocenters. The van der Waals surface area contributed by atoms with Crippen molar-refractivity contribution in [2.24, 2.45) is 5.92 Å². The van der Waals surface area contributed by atoms with Gasteiger partial charge in [-0.3, -0.25) is 4.79 Å². The van der Waals surface area contributed by atoms with Crippen LogP contribution in [0.1, 0.15) is 39.0 Å². The first-order valence-electron chi connectivity index (χ1n) is 7.03. The molecule has 1 saturated carbocycles. The molecule has 21 heavy (non-hydrogen) atoms. The third-order valence-electron chi connectivity index (χ3n) is 3.69. The van der Waals surface area contributed by atoms with Crippen molar-refractivity contribution in [2.75, 3.05) is 13.1 Å². The van der Waals surface area contributed by atoms with Gasteiger partial charge in [0.2, 0.25) is 0 Å². The number of nitrogens with zero attached hydrogens (tertiary/aromatic N) is 1. The quantitative estimate of drug-likeness (QED) is 0.820. The molecule has 0 radical (unpaired) electrons. The number of halogens is 3. The fourth-order valence-corrected chi connectivity index (χ4v) is 2.62. The summed E-state index contributed by atoms with van der Waals surface area (Å²) in [5.41, 5.74) is 0. The SMILES string of the molecule is CC(NC(=O)N(CC(=O)O)CC(F)(F)F)C1CCCCC1. The zero-order valence-electron chi connectivity index (χ0n) is 11.9. The summed E-state index contributed by atoms with van der Waals surface area (Å²) in [7, 11) is 0. The van der Waals surface area contributed by atoms with Crippen LogP contribution in [0.4, 0.5) is 18.0 Å². The lowest BCUT2D eigenvalue weighted by Crippen LogP contribution is -2.50. The normalized spacial score (nSPS) is 18.1. The monoisotopic (exact) mass is 310 g/mol. The van der Waals surface area contributed by atoms with Crippen molar-refractivity contribution in [3.63, 3.8) is 0 Å². The second-order valence-corrected chi connectivity index (χ2v) is 5.50. The van der Waals surface area contributed by atoms with Crippen molar-refractivity contribution in [1.82, 2.24) is 10.2 Å². The van der Waals surface area contributed by atoms with Crippen molar-refractivity contribution in [3.8, 4) is 0 Å². The highest BCUT2D eigenvalue weighted by Crippen LogP contribution is 2.26. The molecule has 0 saturated heterocycles. The lowest BCUT2D eigenvalue weighted by atomic mass is 9.84. The van der Waals surface area contributed by atoms with E-state index >= 15 is 0 Å². The number of urea groups is 1. The standard InChI is InChI=1S/C13H21F3N2O3/c1-9(10-5-3-2-4-6-10)17-12(21)18(7-11(19)20)8-13(14,15)16/h9-10H,2-8H2,1H3,(H,17,21)(H,19,20). The van der Waals surface area contributed by atoms with Crippen molar-refractivity contribution < 1.29 is 27.9 Å². The number of carboxylic acids is 1. The van der Waals surface area contributed by atoms with Crippen LogP contribution in [-0.2, 0) is 4.79 Å². The highest BCUT2D eigenvalue weighted by atomic mass is 19.4. The molecule has 5 nitrogen and oxygen atoms in total. The summed E-state index contributed by atoms with van der Waals surface area (Å²) in [4.78, 5) is 22.7. The lowest BCUT2D eigenvalue weighted by Gasteiger charge is -2.30. The van der Waals surface area contributed by atoms with Gasteiger partial charge in [-0.2, -0.15) is 13.2 Å². The molecular formula is C13H21F3N2O3. The zero-order chi connectivity index (χ0) is 16.0. The summed E-state index contributed by atoms with van der Waals surface area (Å²) in [5, 5.41) is 11.1. The van der Waals surface area contributed by atoms with Gasteiger partial charge in [0.15, 0.2) is 0 Å². The Balaban J connectivity index is 2.59. The minimum Gasteiger partial charge on any atom is -0.480 e. The molecule has 1 aliphatic carbocycles. The Bertz CT molecular complexity index is 368. The predicted molar refractivity (Wildman–Crippen MR) is 69.8 cm³/mol. The number of carbonyl (C=O) groups is 2. The second-order valence-electron chi connectivity index (χ2n) is 5.50. The average Bonchev–Trinajstić information content (AvgIpc) is 2.36. The summed E-state index contributed by atoms with van der Waals surface area (Å²) in [6.45, 7) is -0.786. The molecule has 122 valence electrons. The summed E-state index contributed by atoms with van der Waals surface area (Å²) < 4.78 is 37.2. The van der Waals surface area contributed by atoms with Crippen LogP contribution in [0.2, 0.25) is 0 Å². The van der Waals surface area contributed by atoms with Gasteiger partial charge in [-0.15, -0.1) is 0 Å². The first-order chi connectivity index (χ1) is 9.69. The van der Waals surface area contributed by atoms with Gasteiger partial charge < -0.3 is 15.3 Å². The third-order valence-corrected chi connectivity index (χ3v) is 3.69. The Hall–Kier alpha value is -1.47. The second kappa shape index (κ2) is 7.51. The zero-order valence-corrected chi connectivity index (χ0v) is 11.9. The molecule has 1 atom stereocenters. The number of carbonyl (C=O) groups excluding carboxylic acids is 1. The topological polar surface area (TPSA) is 69.6 Å². The Morgan fingerprint density at radius 1 is 1.29 bits per heavy atom. The van der Waals surface area contributed by atoms with Crippen LogP contribution < -0.4 is 5.32 Å². The summed E-state index contributed by atoms with van der Waals surface area (Å²) in [5.74, 6) is -1.24. The molecule has 0 bridgehead atoms. The van der Waals surface area contributed by atoms with E-state index in [1.807, 2.05) is 0 Å². The number of amides is 2. The molecule has 1 aliphatic rings. The maximum absolute atomic E-state index is 12.4. The number of rotatable bonds is 5. The third kappa shape index (κ3) is 6.68. The average molecular weight is 310 g/mol. The number of nitrogens with one attached hydrogen (secondary N) is 1. The highest BCUT2D eigenvalue weighted by Gasteiger charge is 2.34. The lowest BCUT2D eigenvalue weighted by molar-refractivity contribution is -0.149. The fourth-order valence-electron chi connectivity index (χ4n) is 2.62. The maximum Gasteiger partial charge on any atom is 0.406 e. The smallest absolute Gasteiger partial charge is 0.406 e. The minimum atomic E-state index is -4.62. The van der Waals surface area contributed by atoms with E-state index in [1.165, 1.54) is 0 Å². The van der Waals surface area contributed by atoms with Gasteiger partial charge in [-0.1, -0.05) is 19.3 Å². The van der Waals surface area contributed by atoms with Gasteiger partial charge in [0.05, 0.1) is 0 Å². The van der Waals surface area contributed by atoms with E-state index in [2.05, 4.69) is 5.32 Å². The van der Waals surface area contributed by atoms with Gasteiger partial charge >= 0.3 is 18.2 Å². The van der Waals surface area contributed by atoms with Gasteiger partial charge in [0, 0.05) is 6.04 Å². The predicted octanol–water partition coefficient (Wildman–Crippen LogP) is 2.61. The number of alkyl halides is 3. The molecule has 0 aromatic carbocycles. The Morgan fingerprint density at radius 2 is 1.86 bits per heavy atom. The Kier molecular flexibility index (Phi) is 6.29. The maximum atomic E-state index is 12.4. The largest absolute Gasteiger partial charge is 0.480 e. The van der Waals surface area contributed by atoms with Crippen molar-refractivity contribution in [1.29, 1.82) is 0 Å². The van der Waals surface area contributed by atoms with Crippen molar-refractivity contribution in [2.45, 2.75) is 51.2 Å². The van der Waals surface area contributed by atoms with E-state index in [9.17, 15) is 22.8 Å². The molecule has 0 spiro atoms. The first kappa shape index (κ1) is 17.6. The number of carboxylic acid groups (broad SMARTS) is 1. The summed E-state index contributed by atoms with van der Waals surface area (Å²) in [6.07, 6.45) is 0.467. The van der Waals surface area contributed by atoms with E-state index in [1.54, 1.807) is 6.92 Å². The van der Waals surface area contributed by atoms with E-state index in [-0.39, 0.29) is 16.9 Å². The van der Waals surface area contributed by atoms with Crippen LogP contribution in [0.25, 0.3) is 0 Å². The fraction of sp³-hybridized carbons (Fsp3) is 0.846. The first-order valence-corrected chi connectivity index (χ1v) is 7.03. The minimum absolute atomic E-state index is 0.236. The number of hydrogen-bond acceptors (Lipinski definition) is 2. The molecule has 0 aromatic heterocycles. The van der Waals surface area contributed by atoms with Crippen LogP contribution in [0.5, 0.6) is 0 Å². The van der Waals surface area contributed by atoms with Crippen LogP contribution in [0.3, 0.4) is 0 Å². The molecule has 1 rings (SSSR count). The van der Waals surface area contributed by atoms with Crippen LogP contribution in [-0.4, -0.2) is 47.3 Å². The number of hydrogen-bond donors (Lipinski definition) is 2. The van der Waals surface area contributed by atoms with Crippen molar-refractivity contribution >= 4 is 12.0 Å². The van der Waals surface area contributed by atoms with Crippen LogP contribution in [0, 0.1) is 5.92 Å². The molecular weight excluding hydrogens is 289 g/mol. The molecule has 2 amide bonds. The van der Waals surface area contributed by atoms with E-state index in [4.69, 9.17) is 5.11 Å². The van der Waals surface area contributed by atoms with Gasteiger partial charge in [-0.05, 0) is 25.7 Å². The Labute approximate surface area is 121 Å². The molecule has 8 heteroatoms. The molecule has 0 heterocycles. The van der Waals surface area contributed by atoms with Gasteiger partial charge in [-0.25, -0.2) is 4.79 Å². The van der Waals surface area contributed by atoms with Crippen LogP contribution in [0.15, 0.2) is 0 Å². The van der Waals surface area contributed by atoms with Gasteiger partial charge in [0.25, 0.3) is 0 Å². The van der Waals surface area contributed by atoms with E-state index < -0.39 is 31.3 Å². The van der Waals surface area contributed by atoms with Gasteiger partial charge in [0.1, 0.15) is 13.1 Å². The highest BCUT2D eigenvalue weighted by molar-refractivity contribution is 5.80. The molecule has 2 N–H and O–H groups in total. The molecule has 1 fully saturated rings. The van der Waals surface area contributed by atoms with E-state index in [0.29, 0.717) is 0 Å². The van der Waals surface area contributed by atoms with Crippen molar-refractivity contribution in [3.05, 3.63) is 0 Å². The summed E-state index contributed by atoms with van der Waals surface area (Å²) >= 11 is 0. The van der Waals surface area contributed by atoms with E-state index in [0.717, 1.165) is 32.1 Å². The number of aliphatic carboxylic acids is 1. The molecule has 0 aliphatic heterocycles. The molecule has 0 aromatic rings. The Morgan fingerprint density at radius 3 is 2.33 bits per heavy atom. The van der Waals surface area contributed by atoms with Crippen LogP contribution >= 0.6 is 0 Å².